The molecule has 0 aromatic rings. The molecule has 0 aliphatic carbocycles. The minimum absolute atomic E-state index is 1.14. The second-order valence-corrected chi connectivity index (χ2v) is 2.89. The van der Waals surface area contributed by atoms with Gasteiger partial charge in [0.2, 0.25) is 0 Å². The number of nitrogens with one attached hydrogen (secondary N) is 1. The van der Waals surface area contributed by atoms with Crippen molar-refractivity contribution >= 4 is 18.1 Å². The fourth-order valence-corrected chi connectivity index (χ4v) is 1.50. The van der Waals surface area contributed by atoms with Crippen molar-refractivity contribution in [1.29, 1.82) is 0 Å². The molecule has 0 aromatic carbocycles. The molecular formula is C7H6N2S. The summed E-state index contributed by atoms with van der Waals surface area (Å²) in [7, 11) is 0. The molecule has 50 valence electrons. The molecule has 0 bridgehead atoms. The van der Waals surface area contributed by atoms with E-state index in [9.17, 15) is 0 Å². The molecule has 0 radical (unpaired) electrons. The third kappa shape index (κ3) is 0.885. The molecule has 2 rings (SSSR count). The smallest absolute Gasteiger partial charge is 0.0923 e. The lowest BCUT2D eigenvalue weighted by atomic mass is 10.3. The van der Waals surface area contributed by atoms with E-state index in [-0.39, 0.29) is 0 Å². The van der Waals surface area contributed by atoms with Gasteiger partial charge in [-0.25, -0.2) is 4.99 Å². The van der Waals surface area contributed by atoms with E-state index in [1.54, 1.807) is 18.1 Å². The average Bonchev–Trinajstić information content (AvgIpc) is 2.05. The number of thioether (sulfide) groups is 1. The molecular weight excluding hydrogens is 144 g/mol. The number of nitrogens with zero attached hydrogens (tertiary/aromatic N) is 1. The maximum atomic E-state index is 3.97. The molecule has 10 heavy (non-hydrogen) atoms. The first-order valence-corrected chi connectivity index (χ1v) is 3.87. The molecule has 0 saturated carbocycles. The van der Waals surface area contributed by atoms with Crippen LogP contribution in [0.1, 0.15) is 0 Å². The van der Waals surface area contributed by atoms with Crippen molar-refractivity contribution in [2.75, 3.05) is 0 Å². The van der Waals surface area contributed by atoms with E-state index in [0.717, 1.165) is 5.70 Å². The first-order chi connectivity index (χ1) is 4.97. The Balaban J connectivity index is 2.38. The quantitative estimate of drug-likeness (QED) is 0.567. The molecule has 3 heteroatoms. The number of hydrogen-bond donors (Lipinski definition) is 1. The second-order valence-electron chi connectivity index (χ2n) is 1.94. The summed E-state index contributed by atoms with van der Waals surface area (Å²) in [6.45, 7) is 0. The summed E-state index contributed by atoms with van der Waals surface area (Å²) in [4.78, 5) is 5.15. The van der Waals surface area contributed by atoms with Crippen LogP contribution in [0.25, 0.3) is 0 Å². The van der Waals surface area contributed by atoms with Crippen molar-refractivity contribution in [3.63, 3.8) is 0 Å². The summed E-state index contributed by atoms with van der Waals surface area (Å²) < 4.78 is 0. The molecule has 0 aromatic heterocycles. The third-order valence-electron chi connectivity index (χ3n) is 1.29. The fourth-order valence-electron chi connectivity index (χ4n) is 0.825. The Bertz CT molecular complexity index is 233. The summed E-state index contributed by atoms with van der Waals surface area (Å²) >= 11 is 1.68. The van der Waals surface area contributed by atoms with Gasteiger partial charge in [-0.2, -0.15) is 0 Å². The van der Waals surface area contributed by atoms with E-state index in [4.69, 9.17) is 0 Å². The molecule has 2 heterocycles. The van der Waals surface area contributed by atoms with Crippen molar-refractivity contribution in [2.24, 2.45) is 4.99 Å². The molecule has 0 spiro atoms. The van der Waals surface area contributed by atoms with Crippen molar-refractivity contribution in [1.82, 2.24) is 5.32 Å². The van der Waals surface area contributed by atoms with Crippen LogP contribution in [0.5, 0.6) is 0 Å². The highest BCUT2D eigenvalue weighted by molar-refractivity contribution is 8.06. The zero-order valence-corrected chi connectivity index (χ0v) is 6.06. The Labute approximate surface area is 63.4 Å². The maximum absolute atomic E-state index is 3.97. The summed E-state index contributed by atoms with van der Waals surface area (Å²) in [5, 5.41) is 5.09. The largest absolute Gasteiger partial charge is 0.345 e. The molecule has 0 amide bonds. The van der Waals surface area contributed by atoms with Crippen LogP contribution in [-0.4, -0.2) is 6.34 Å². The summed E-state index contributed by atoms with van der Waals surface area (Å²) in [5.74, 6) is 0. The lowest BCUT2D eigenvalue weighted by Crippen LogP contribution is -2.14. The molecule has 0 atom stereocenters. The number of allylic oxidation sites excluding steroid dienone is 2. The first-order valence-electron chi connectivity index (χ1n) is 2.99. The molecule has 0 fully saturated rings. The summed E-state index contributed by atoms with van der Waals surface area (Å²) in [6.07, 6.45) is 7.60. The van der Waals surface area contributed by atoms with Gasteiger partial charge < -0.3 is 5.32 Å². The highest BCUT2D eigenvalue weighted by Gasteiger charge is 2.07. The fraction of sp³-hybridized carbons (Fsp3) is 0. The van der Waals surface area contributed by atoms with Gasteiger partial charge in [0.25, 0.3) is 0 Å². The molecule has 2 aliphatic rings. The Morgan fingerprint density at radius 1 is 1.50 bits per heavy atom. The molecule has 1 N–H and O–H groups in total. The molecule has 0 unspecified atom stereocenters. The van der Waals surface area contributed by atoms with Crippen LogP contribution in [0, 0.1) is 0 Å². The van der Waals surface area contributed by atoms with Gasteiger partial charge in [0.15, 0.2) is 0 Å². The monoisotopic (exact) mass is 150 g/mol. The van der Waals surface area contributed by atoms with E-state index >= 15 is 0 Å². The van der Waals surface area contributed by atoms with Gasteiger partial charge in [-0.1, -0.05) is 17.8 Å². The van der Waals surface area contributed by atoms with Crippen LogP contribution < -0.4 is 5.32 Å². The molecule has 0 saturated heterocycles. The number of hydrogen-bond acceptors (Lipinski definition) is 3. The van der Waals surface area contributed by atoms with Gasteiger partial charge in [-0.05, 0) is 11.5 Å². The van der Waals surface area contributed by atoms with Gasteiger partial charge in [0.1, 0.15) is 0 Å². The van der Waals surface area contributed by atoms with E-state index < -0.39 is 0 Å². The van der Waals surface area contributed by atoms with E-state index in [1.165, 1.54) is 4.91 Å². The van der Waals surface area contributed by atoms with Crippen molar-refractivity contribution < 1.29 is 0 Å². The topological polar surface area (TPSA) is 24.4 Å². The van der Waals surface area contributed by atoms with Gasteiger partial charge in [0.05, 0.1) is 16.9 Å². The highest BCUT2D eigenvalue weighted by atomic mass is 32.2. The normalized spacial score (nSPS) is 20.8. The molecule has 2 aliphatic heterocycles. The Morgan fingerprint density at radius 3 is 3.40 bits per heavy atom. The van der Waals surface area contributed by atoms with E-state index in [2.05, 4.69) is 10.3 Å². The zero-order valence-electron chi connectivity index (χ0n) is 5.24. The summed E-state index contributed by atoms with van der Waals surface area (Å²) in [6, 6.07) is 0. The van der Waals surface area contributed by atoms with Crippen LogP contribution in [-0.2, 0) is 0 Å². The second kappa shape index (κ2) is 2.34. The Morgan fingerprint density at radius 2 is 2.50 bits per heavy atom. The number of aliphatic imine (C=N–C) groups is 1. The maximum Gasteiger partial charge on any atom is 0.0923 e. The zero-order chi connectivity index (χ0) is 6.81. The number of fused-ring (bicyclic) bond motifs is 1. The van der Waals surface area contributed by atoms with E-state index in [1.807, 2.05) is 23.8 Å². The van der Waals surface area contributed by atoms with E-state index in [0.29, 0.717) is 0 Å². The van der Waals surface area contributed by atoms with Crippen molar-refractivity contribution in [3.8, 4) is 0 Å². The van der Waals surface area contributed by atoms with Crippen LogP contribution >= 0.6 is 11.8 Å². The van der Waals surface area contributed by atoms with Gasteiger partial charge in [-0.15, -0.1) is 0 Å². The van der Waals surface area contributed by atoms with Crippen LogP contribution in [0.2, 0.25) is 0 Å². The SMILES string of the molecule is C1=CSC2=CN=CNC2=C1. The standard InChI is InChI=1S/C7H6N2S/c1-2-6-7(10-3-1)4-8-5-9-6/h1-5H,(H,8,9). The van der Waals surface area contributed by atoms with Crippen LogP contribution in [0.3, 0.4) is 0 Å². The molecule has 2 nitrogen and oxygen atoms in total. The predicted octanol–water partition coefficient (Wildman–Crippen LogP) is 1.60. The third-order valence-corrected chi connectivity index (χ3v) is 2.16. The first kappa shape index (κ1) is 5.80. The lowest BCUT2D eigenvalue weighted by molar-refractivity contribution is 1.16. The van der Waals surface area contributed by atoms with Gasteiger partial charge >= 0.3 is 0 Å². The average molecular weight is 150 g/mol. The van der Waals surface area contributed by atoms with Gasteiger partial charge in [0, 0.05) is 6.20 Å². The van der Waals surface area contributed by atoms with Crippen molar-refractivity contribution in [2.45, 2.75) is 0 Å². The minimum atomic E-state index is 1.14. The lowest BCUT2D eigenvalue weighted by Gasteiger charge is -2.13. The Kier molecular flexibility index (Phi) is 1.36. The Hall–Kier alpha value is -0.960. The van der Waals surface area contributed by atoms with Crippen molar-refractivity contribution in [3.05, 3.63) is 34.4 Å². The summed E-state index contributed by atoms with van der Waals surface area (Å²) in [5.41, 5.74) is 1.14. The van der Waals surface area contributed by atoms with Crippen LogP contribution in [0.15, 0.2) is 39.4 Å². The van der Waals surface area contributed by atoms with Gasteiger partial charge in [-0.3, -0.25) is 0 Å². The predicted molar refractivity (Wildman–Crippen MR) is 44.5 cm³/mol. The number of rotatable bonds is 0. The van der Waals surface area contributed by atoms with Crippen LogP contribution in [0.4, 0.5) is 0 Å². The minimum Gasteiger partial charge on any atom is -0.345 e. The highest BCUT2D eigenvalue weighted by Crippen LogP contribution is 2.28.